The highest BCUT2D eigenvalue weighted by Gasteiger charge is 2.20. The lowest BCUT2D eigenvalue weighted by molar-refractivity contribution is -0.131. The number of carbonyl (C=O) groups excluding carboxylic acids is 2. The Hall–Kier alpha value is -1.68. The molecule has 2 rings (SSSR count). The number of benzene rings is 1. The number of hydrogen-bond donors (Lipinski definition) is 1. The van der Waals surface area contributed by atoms with Gasteiger partial charge in [-0.1, -0.05) is 18.2 Å². The van der Waals surface area contributed by atoms with Crippen molar-refractivity contribution in [3.05, 3.63) is 35.4 Å². The van der Waals surface area contributed by atoms with Crippen molar-refractivity contribution in [2.24, 2.45) is 0 Å². The molecule has 1 heterocycles. The predicted molar refractivity (Wildman–Crippen MR) is 58.1 cm³/mol. The Morgan fingerprint density at radius 1 is 1.50 bits per heavy atom. The summed E-state index contributed by atoms with van der Waals surface area (Å²) in [7, 11) is 0. The van der Waals surface area contributed by atoms with E-state index >= 15 is 0 Å². The first-order valence-electron chi connectivity index (χ1n) is 5.15. The first kappa shape index (κ1) is 10.8. The van der Waals surface area contributed by atoms with E-state index in [1.165, 1.54) is 6.92 Å². The second-order valence-electron chi connectivity index (χ2n) is 3.82. The van der Waals surface area contributed by atoms with E-state index in [4.69, 9.17) is 4.74 Å². The smallest absolute Gasteiger partial charge is 0.246 e. The van der Waals surface area contributed by atoms with Crippen molar-refractivity contribution >= 4 is 11.7 Å². The lowest BCUT2D eigenvalue weighted by atomic mass is 10.0. The monoisotopic (exact) mass is 219 g/mol. The van der Waals surface area contributed by atoms with Crippen molar-refractivity contribution in [3.8, 4) is 0 Å². The van der Waals surface area contributed by atoms with Gasteiger partial charge in [0, 0.05) is 5.56 Å². The van der Waals surface area contributed by atoms with Crippen LogP contribution in [0.15, 0.2) is 24.3 Å². The maximum atomic E-state index is 11.2. The Labute approximate surface area is 93.6 Å². The van der Waals surface area contributed by atoms with Gasteiger partial charge in [0.05, 0.1) is 12.6 Å². The standard InChI is InChI=1S/C12H13NO3/c1-8(14)9-3-2-4-10(5-9)11-6-16-7-12(15)13-11/h2-5,11H,6-7H2,1H3,(H,13,15). The second kappa shape index (κ2) is 4.45. The van der Waals surface area contributed by atoms with E-state index in [0.717, 1.165) is 5.56 Å². The number of morpholine rings is 1. The number of Topliss-reactive ketones (excluding diaryl/α,β-unsaturated/α-hetero) is 1. The number of hydrogen-bond acceptors (Lipinski definition) is 3. The SMILES string of the molecule is CC(=O)c1cccc(C2COCC(=O)N2)c1. The zero-order chi connectivity index (χ0) is 11.5. The molecule has 4 heteroatoms. The Kier molecular flexibility index (Phi) is 3.01. The molecule has 1 aromatic rings. The summed E-state index contributed by atoms with van der Waals surface area (Å²) in [4.78, 5) is 22.4. The number of ether oxygens (including phenoxy) is 1. The molecule has 1 N–H and O–H groups in total. The summed E-state index contributed by atoms with van der Waals surface area (Å²) in [6.45, 7) is 2.09. The predicted octanol–water partition coefficient (Wildman–Crippen LogP) is 1.08. The highest BCUT2D eigenvalue weighted by molar-refractivity contribution is 5.94. The number of ketones is 1. The van der Waals surface area contributed by atoms with Crippen LogP contribution in [0.5, 0.6) is 0 Å². The summed E-state index contributed by atoms with van der Waals surface area (Å²) in [5.41, 5.74) is 1.55. The fraction of sp³-hybridized carbons (Fsp3) is 0.333. The molecule has 1 aromatic carbocycles. The zero-order valence-corrected chi connectivity index (χ0v) is 9.03. The molecule has 1 unspecified atom stereocenters. The summed E-state index contributed by atoms with van der Waals surface area (Å²) < 4.78 is 5.15. The second-order valence-corrected chi connectivity index (χ2v) is 3.82. The van der Waals surface area contributed by atoms with Crippen LogP contribution < -0.4 is 5.32 Å². The van der Waals surface area contributed by atoms with E-state index in [9.17, 15) is 9.59 Å². The van der Waals surface area contributed by atoms with Crippen molar-refractivity contribution in [3.63, 3.8) is 0 Å². The van der Waals surface area contributed by atoms with Gasteiger partial charge in [-0.05, 0) is 18.6 Å². The molecule has 0 aromatic heterocycles. The van der Waals surface area contributed by atoms with Gasteiger partial charge in [0.2, 0.25) is 5.91 Å². The number of rotatable bonds is 2. The third-order valence-electron chi connectivity index (χ3n) is 2.55. The molecule has 84 valence electrons. The van der Waals surface area contributed by atoms with Gasteiger partial charge in [-0.15, -0.1) is 0 Å². The largest absolute Gasteiger partial charge is 0.369 e. The molecule has 1 aliphatic rings. The molecule has 1 aliphatic heterocycles. The van der Waals surface area contributed by atoms with Crippen LogP contribution in [0, 0.1) is 0 Å². The number of nitrogens with one attached hydrogen (secondary N) is 1. The molecule has 0 radical (unpaired) electrons. The first-order chi connectivity index (χ1) is 7.66. The Morgan fingerprint density at radius 2 is 2.31 bits per heavy atom. The highest BCUT2D eigenvalue weighted by Crippen LogP contribution is 2.17. The van der Waals surface area contributed by atoms with E-state index in [-0.39, 0.29) is 24.3 Å². The van der Waals surface area contributed by atoms with Gasteiger partial charge < -0.3 is 10.1 Å². The van der Waals surface area contributed by atoms with Gasteiger partial charge in [-0.3, -0.25) is 9.59 Å². The van der Waals surface area contributed by atoms with Gasteiger partial charge in [0.1, 0.15) is 6.61 Å². The summed E-state index contributed by atoms with van der Waals surface area (Å²) in [5, 5.41) is 2.82. The zero-order valence-electron chi connectivity index (χ0n) is 9.03. The molecular formula is C12H13NO3. The molecule has 4 nitrogen and oxygen atoms in total. The fourth-order valence-electron chi connectivity index (χ4n) is 1.70. The van der Waals surface area contributed by atoms with Gasteiger partial charge >= 0.3 is 0 Å². The van der Waals surface area contributed by atoms with Crippen molar-refractivity contribution in [2.75, 3.05) is 13.2 Å². The topological polar surface area (TPSA) is 55.4 Å². The van der Waals surface area contributed by atoms with E-state index < -0.39 is 0 Å². The van der Waals surface area contributed by atoms with E-state index in [1.54, 1.807) is 12.1 Å². The van der Waals surface area contributed by atoms with Gasteiger partial charge in [-0.25, -0.2) is 0 Å². The van der Waals surface area contributed by atoms with Gasteiger partial charge in [-0.2, -0.15) is 0 Å². The minimum absolute atomic E-state index is 0.0184. The summed E-state index contributed by atoms with van der Waals surface area (Å²) >= 11 is 0. The lowest BCUT2D eigenvalue weighted by Gasteiger charge is -2.24. The Balaban J connectivity index is 2.22. The quantitative estimate of drug-likeness (QED) is 0.757. The molecule has 0 bridgehead atoms. The van der Waals surface area contributed by atoms with Crippen LogP contribution >= 0.6 is 0 Å². The van der Waals surface area contributed by atoms with E-state index in [2.05, 4.69) is 5.32 Å². The average Bonchev–Trinajstić information content (AvgIpc) is 2.29. The van der Waals surface area contributed by atoms with Crippen LogP contribution in [0.25, 0.3) is 0 Å². The van der Waals surface area contributed by atoms with Crippen LogP contribution in [-0.4, -0.2) is 24.9 Å². The third kappa shape index (κ3) is 2.28. The van der Waals surface area contributed by atoms with Crippen molar-refractivity contribution < 1.29 is 14.3 Å². The molecule has 1 amide bonds. The highest BCUT2D eigenvalue weighted by atomic mass is 16.5. The summed E-state index contributed by atoms with van der Waals surface area (Å²) in [5.74, 6) is -0.102. The molecule has 16 heavy (non-hydrogen) atoms. The fourth-order valence-corrected chi connectivity index (χ4v) is 1.70. The third-order valence-corrected chi connectivity index (χ3v) is 2.55. The lowest BCUT2D eigenvalue weighted by Crippen LogP contribution is -2.39. The normalized spacial score (nSPS) is 20.3. The average molecular weight is 219 g/mol. The molecule has 0 aliphatic carbocycles. The van der Waals surface area contributed by atoms with Gasteiger partial charge in [0.15, 0.2) is 5.78 Å². The molecule has 0 spiro atoms. The maximum Gasteiger partial charge on any atom is 0.246 e. The maximum absolute atomic E-state index is 11.2. The van der Waals surface area contributed by atoms with Crippen molar-refractivity contribution in [1.29, 1.82) is 0 Å². The molecule has 1 atom stereocenters. The van der Waals surface area contributed by atoms with Crippen LogP contribution in [-0.2, 0) is 9.53 Å². The van der Waals surface area contributed by atoms with E-state index in [1.807, 2.05) is 12.1 Å². The minimum atomic E-state index is -0.152. The Morgan fingerprint density at radius 3 is 3.00 bits per heavy atom. The van der Waals surface area contributed by atoms with Crippen LogP contribution in [0.1, 0.15) is 28.9 Å². The molecule has 0 saturated carbocycles. The number of carbonyl (C=O) groups is 2. The van der Waals surface area contributed by atoms with Crippen molar-refractivity contribution in [1.82, 2.24) is 5.32 Å². The van der Waals surface area contributed by atoms with E-state index in [0.29, 0.717) is 12.2 Å². The minimum Gasteiger partial charge on any atom is -0.369 e. The summed E-state index contributed by atoms with van der Waals surface area (Å²) in [6.07, 6.45) is 0. The van der Waals surface area contributed by atoms with Gasteiger partial charge in [0.25, 0.3) is 0 Å². The van der Waals surface area contributed by atoms with Crippen LogP contribution in [0.3, 0.4) is 0 Å². The first-order valence-corrected chi connectivity index (χ1v) is 5.15. The molecule has 1 saturated heterocycles. The van der Waals surface area contributed by atoms with Crippen molar-refractivity contribution in [2.45, 2.75) is 13.0 Å². The van der Waals surface area contributed by atoms with Crippen LogP contribution in [0.4, 0.5) is 0 Å². The molecule has 1 fully saturated rings. The van der Waals surface area contributed by atoms with Crippen LogP contribution in [0.2, 0.25) is 0 Å². The Bertz CT molecular complexity index is 428. The number of amides is 1. The molecular weight excluding hydrogens is 206 g/mol. The summed E-state index contributed by atoms with van der Waals surface area (Å²) in [6, 6.07) is 7.10.